The van der Waals surface area contributed by atoms with Gasteiger partial charge in [-0.25, -0.2) is 10.4 Å². The van der Waals surface area contributed by atoms with Gasteiger partial charge in [-0.2, -0.15) is 0 Å². The maximum atomic E-state index is 5.14. The fourth-order valence-electron chi connectivity index (χ4n) is 1.53. The monoisotopic (exact) mass is 205 g/mol. The molecule has 80 valence electrons. The Hall–Kier alpha value is -1.43. The number of H-pyrrole nitrogens is 1. The number of benzene rings is 1. The topological polar surface area (TPSA) is 78.8 Å². The van der Waals surface area contributed by atoms with Crippen molar-refractivity contribution in [1.82, 2.24) is 20.7 Å². The summed E-state index contributed by atoms with van der Waals surface area (Å²) >= 11 is 0. The van der Waals surface area contributed by atoms with E-state index in [2.05, 4.69) is 32.8 Å². The van der Waals surface area contributed by atoms with Crippen LogP contribution in [0.1, 0.15) is 5.56 Å². The Bertz CT molecular complexity index is 422. The average molecular weight is 205 g/mol. The van der Waals surface area contributed by atoms with Gasteiger partial charge in [0.05, 0.1) is 24.0 Å². The van der Waals surface area contributed by atoms with Gasteiger partial charge in [0.15, 0.2) is 0 Å². The summed E-state index contributed by atoms with van der Waals surface area (Å²) in [5.41, 5.74) is 5.94. The van der Waals surface area contributed by atoms with Gasteiger partial charge in [-0.15, -0.1) is 0 Å². The van der Waals surface area contributed by atoms with Crippen molar-refractivity contribution in [3.05, 3.63) is 30.1 Å². The van der Waals surface area contributed by atoms with Crippen molar-refractivity contribution in [2.24, 2.45) is 5.84 Å². The van der Waals surface area contributed by atoms with Crippen LogP contribution in [0.2, 0.25) is 0 Å². The molecule has 15 heavy (non-hydrogen) atoms. The third-order valence-corrected chi connectivity index (χ3v) is 2.30. The van der Waals surface area contributed by atoms with E-state index in [1.54, 1.807) is 6.33 Å². The predicted molar refractivity (Wildman–Crippen MR) is 60.0 cm³/mol. The maximum Gasteiger partial charge on any atom is 0.0931 e. The zero-order valence-corrected chi connectivity index (χ0v) is 8.46. The normalized spacial score (nSPS) is 11.0. The molecular weight excluding hydrogens is 190 g/mol. The molecule has 0 fully saturated rings. The molecule has 0 atom stereocenters. The van der Waals surface area contributed by atoms with Crippen molar-refractivity contribution >= 4 is 11.0 Å². The van der Waals surface area contributed by atoms with E-state index in [1.165, 1.54) is 5.56 Å². The minimum atomic E-state index is 0.631. The molecule has 0 saturated carbocycles. The van der Waals surface area contributed by atoms with Crippen molar-refractivity contribution < 1.29 is 0 Å². The van der Waals surface area contributed by atoms with Gasteiger partial charge in [0, 0.05) is 6.54 Å². The summed E-state index contributed by atoms with van der Waals surface area (Å²) in [6.45, 7) is 1.54. The summed E-state index contributed by atoms with van der Waals surface area (Å²) in [5, 5.41) is 3.16. The van der Waals surface area contributed by atoms with Crippen LogP contribution in [0.15, 0.2) is 24.5 Å². The lowest BCUT2D eigenvalue weighted by Crippen LogP contribution is -2.34. The van der Waals surface area contributed by atoms with Crippen molar-refractivity contribution in [3.8, 4) is 0 Å². The predicted octanol–water partition coefficient (Wildman–Crippen LogP) is 0.116. The van der Waals surface area contributed by atoms with Gasteiger partial charge in [0.25, 0.3) is 0 Å². The Morgan fingerprint density at radius 1 is 1.40 bits per heavy atom. The van der Waals surface area contributed by atoms with Gasteiger partial charge in [-0.05, 0) is 24.1 Å². The highest BCUT2D eigenvalue weighted by atomic mass is 15.3. The van der Waals surface area contributed by atoms with Crippen LogP contribution in [-0.2, 0) is 6.42 Å². The molecule has 0 aliphatic carbocycles. The number of nitrogens with zero attached hydrogens (tertiary/aromatic N) is 1. The van der Waals surface area contributed by atoms with Crippen molar-refractivity contribution in [2.45, 2.75) is 6.42 Å². The average Bonchev–Trinajstić information content (AvgIpc) is 2.71. The highest BCUT2D eigenvalue weighted by Crippen LogP contribution is 2.11. The zero-order chi connectivity index (χ0) is 10.5. The van der Waals surface area contributed by atoms with Gasteiger partial charge in [0.1, 0.15) is 0 Å². The van der Waals surface area contributed by atoms with Crippen LogP contribution in [0.4, 0.5) is 0 Å². The van der Waals surface area contributed by atoms with Crippen LogP contribution in [0.5, 0.6) is 0 Å². The summed E-state index contributed by atoms with van der Waals surface area (Å²) in [6, 6.07) is 6.25. The van der Waals surface area contributed by atoms with E-state index in [-0.39, 0.29) is 0 Å². The van der Waals surface area contributed by atoms with E-state index in [4.69, 9.17) is 5.84 Å². The fourth-order valence-corrected chi connectivity index (χ4v) is 1.53. The molecule has 0 unspecified atom stereocenters. The Kier molecular flexibility index (Phi) is 3.29. The molecule has 0 aliphatic heterocycles. The summed E-state index contributed by atoms with van der Waals surface area (Å²) in [6.07, 6.45) is 2.70. The highest BCUT2D eigenvalue weighted by Gasteiger charge is 1.97. The molecule has 1 heterocycles. The number of imidazole rings is 1. The van der Waals surface area contributed by atoms with E-state index in [1.807, 2.05) is 6.07 Å². The molecule has 1 aromatic carbocycles. The van der Waals surface area contributed by atoms with Crippen LogP contribution in [0.25, 0.3) is 11.0 Å². The molecule has 5 heteroatoms. The molecule has 0 bridgehead atoms. The Labute approximate surface area is 88.0 Å². The first-order chi connectivity index (χ1) is 7.40. The second-order valence-electron chi connectivity index (χ2n) is 3.38. The van der Waals surface area contributed by atoms with Crippen LogP contribution in [-0.4, -0.2) is 23.2 Å². The molecule has 0 aliphatic rings. The number of aromatic amines is 1. The highest BCUT2D eigenvalue weighted by molar-refractivity contribution is 5.74. The van der Waals surface area contributed by atoms with Crippen molar-refractivity contribution in [3.63, 3.8) is 0 Å². The molecule has 5 N–H and O–H groups in total. The minimum Gasteiger partial charge on any atom is -0.345 e. The first kappa shape index (κ1) is 10.1. The fraction of sp³-hybridized carbons (Fsp3) is 0.300. The molecule has 0 spiro atoms. The van der Waals surface area contributed by atoms with E-state index >= 15 is 0 Å². The van der Waals surface area contributed by atoms with Gasteiger partial charge in [-0.1, -0.05) is 6.07 Å². The lowest BCUT2D eigenvalue weighted by molar-refractivity contribution is 0.602. The number of nitrogens with one attached hydrogen (secondary N) is 3. The SMILES string of the molecule is NNCNCCc1ccc2nc[nH]c2c1. The smallest absolute Gasteiger partial charge is 0.0931 e. The molecule has 0 saturated heterocycles. The third kappa shape index (κ3) is 2.53. The standard InChI is InChI=1S/C10H15N5/c11-15-6-12-4-3-8-1-2-9-10(5-8)14-7-13-9/h1-2,5,7,12,15H,3-4,6,11H2,(H,13,14). The number of hydrazine groups is 1. The molecular formula is C10H15N5. The summed E-state index contributed by atoms with van der Waals surface area (Å²) in [5.74, 6) is 5.14. The second-order valence-corrected chi connectivity index (χ2v) is 3.38. The lowest BCUT2D eigenvalue weighted by Gasteiger charge is -2.03. The second kappa shape index (κ2) is 4.88. The summed E-state index contributed by atoms with van der Waals surface area (Å²) < 4.78 is 0. The van der Waals surface area contributed by atoms with E-state index in [0.717, 1.165) is 24.0 Å². The molecule has 2 aromatic rings. The Morgan fingerprint density at radius 3 is 3.20 bits per heavy atom. The number of fused-ring (bicyclic) bond motifs is 1. The number of rotatable bonds is 5. The summed E-state index contributed by atoms with van der Waals surface area (Å²) in [7, 11) is 0. The minimum absolute atomic E-state index is 0.631. The number of nitrogens with two attached hydrogens (primary N) is 1. The third-order valence-electron chi connectivity index (χ3n) is 2.30. The van der Waals surface area contributed by atoms with Crippen molar-refractivity contribution in [1.29, 1.82) is 0 Å². The van der Waals surface area contributed by atoms with Gasteiger partial charge >= 0.3 is 0 Å². The quantitative estimate of drug-likeness (QED) is 0.242. The Balaban J connectivity index is 1.96. The van der Waals surface area contributed by atoms with Crippen LogP contribution >= 0.6 is 0 Å². The molecule has 0 radical (unpaired) electrons. The summed E-state index contributed by atoms with van der Waals surface area (Å²) in [4.78, 5) is 7.27. The van der Waals surface area contributed by atoms with Gasteiger partial charge in [0.2, 0.25) is 0 Å². The Morgan fingerprint density at radius 2 is 2.33 bits per heavy atom. The lowest BCUT2D eigenvalue weighted by atomic mass is 10.1. The molecule has 1 aromatic heterocycles. The van der Waals surface area contributed by atoms with Crippen LogP contribution in [0, 0.1) is 0 Å². The van der Waals surface area contributed by atoms with Gasteiger partial charge in [-0.3, -0.25) is 5.84 Å². The molecule has 0 amide bonds. The van der Waals surface area contributed by atoms with E-state index in [0.29, 0.717) is 6.67 Å². The maximum absolute atomic E-state index is 5.14. The van der Waals surface area contributed by atoms with Gasteiger partial charge < -0.3 is 10.3 Å². The number of aromatic nitrogens is 2. The number of hydrogen-bond donors (Lipinski definition) is 4. The first-order valence-corrected chi connectivity index (χ1v) is 4.96. The largest absolute Gasteiger partial charge is 0.345 e. The van der Waals surface area contributed by atoms with Crippen LogP contribution < -0.4 is 16.6 Å². The molecule has 5 nitrogen and oxygen atoms in total. The molecule has 2 rings (SSSR count). The van der Waals surface area contributed by atoms with Crippen LogP contribution in [0.3, 0.4) is 0 Å². The van der Waals surface area contributed by atoms with Crippen molar-refractivity contribution in [2.75, 3.05) is 13.2 Å². The number of hydrogen-bond acceptors (Lipinski definition) is 4. The zero-order valence-electron chi connectivity index (χ0n) is 8.46. The van der Waals surface area contributed by atoms with E-state index < -0.39 is 0 Å². The first-order valence-electron chi connectivity index (χ1n) is 4.96. The van der Waals surface area contributed by atoms with E-state index in [9.17, 15) is 0 Å².